The first-order valence-corrected chi connectivity index (χ1v) is 5.34. The Hall–Kier alpha value is -2.28. The SMILES string of the molecule is COCc1nc(N)cc(Oc2cccc(F)c2F)n1. The van der Waals surface area contributed by atoms with Crippen LogP contribution < -0.4 is 10.5 Å². The van der Waals surface area contributed by atoms with Crippen molar-refractivity contribution in [3.8, 4) is 11.6 Å². The van der Waals surface area contributed by atoms with Gasteiger partial charge in [-0.05, 0) is 12.1 Å². The lowest BCUT2D eigenvalue weighted by Gasteiger charge is -2.08. The molecular formula is C12H11F2N3O2. The summed E-state index contributed by atoms with van der Waals surface area (Å²) in [6.07, 6.45) is 0. The summed E-state index contributed by atoms with van der Waals surface area (Å²) >= 11 is 0. The number of nitrogens with two attached hydrogens (primary N) is 1. The highest BCUT2D eigenvalue weighted by Crippen LogP contribution is 2.25. The molecule has 2 aromatic rings. The van der Waals surface area contributed by atoms with Crippen molar-refractivity contribution in [2.75, 3.05) is 12.8 Å². The molecule has 0 fully saturated rings. The molecule has 19 heavy (non-hydrogen) atoms. The van der Waals surface area contributed by atoms with Crippen molar-refractivity contribution < 1.29 is 18.3 Å². The van der Waals surface area contributed by atoms with Crippen molar-refractivity contribution >= 4 is 5.82 Å². The van der Waals surface area contributed by atoms with E-state index in [4.69, 9.17) is 15.2 Å². The van der Waals surface area contributed by atoms with Crippen molar-refractivity contribution in [2.45, 2.75) is 6.61 Å². The summed E-state index contributed by atoms with van der Waals surface area (Å²) in [6, 6.07) is 4.91. The summed E-state index contributed by atoms with van der Waals surface area (Å²) in [5, 5.41) is 0. The maximum Gasteiger partial charge on any atom is 0.224 e. The molecule has 0 saturated carbocycles. The lowest BCUT2D eigenvalue weighted by atomic mass is 10.3. The van der Waals surface area contributed by atoms with Crippen molar-refractivity contribution in [3.05, 3.63) is 41.7 Å². The molecule has 0 aliphatic rings. The quantitative estimate of drug-likeness (QED) is 0.920. The van der Waals surface area contributed by atoms with E-state index < -0.39 is 11.6 Å². The van der Waals surface area contributed by atoms with Crippen molar-refractivity contribution in [1.82, 2.24) is 9.97 Å². The lowest BCUT2D eigenvalue weighted by Crippen LogP contribution is -2.03. The van der Waals surface area contributed by atoms with Crippen LogP contribution in [0.5, 0.6) is 11.6 Å². The number of aromatic nitrogens is 2. The van der Waals surface area contributed by atoms with Crippen LogP contribution in [0, 0.1) is 11.6 Å². The third-order valence-corrected chi connectivity index (χ3v) is 2.17. The zero-order valence-electron chi connectivity index (χ0n) is 10.1. The fourth-order valence-electron chi connectivity index (χ4n) is 1.41. The van der Waals surface area contributed by atoms with Gasteiger partial charge in [0.15, 0.2) is 17.4 Å². The highest BCUT2D eigenvalue weighted by atomic mass is 19.2. The Morgan fingerprint density at radius 2 is 2.05 bits per heavy atom. The second kappa shape index (κ2) is 5.57. The molecule has 0 radical (unpaired) electrons. The van der Waals surface area contributed by atoms with Crippen molar-refractivity contribution in [1.29, 1.82) is 0 Å². The molecule has 0 unspecified atom stereocenters. The standard InChI is InChI=1S/C12H11F2N3O2/c1-18-6-10-16-9(15)5-11(17-10)19-8-4-2-3-7(13)12(8)14/h2-5H,6H2,1H3,(H2,15,16,17). The van der Waals surface area contributed by atoms with Gasteiger partial charge in [-0.25, -0.2) is 9.37 Å². The van der Waals surface area contributed by atoms with Gasteiger partial charge in [0.2, 0.25) is 11.7 Å². The summed E-state index contributed by atoms with van der Waals surface area (Å²) in [7, 11) is 1.47. The number of ether oxygens (including phenoxy) is 2. The smallest absolute Gasteiger partial charge is 0.224 e. The molecule has 0 aliphatic heterocycles. The second-order valence-corrected chi connectivity index (χ2v) is 3.63. The average molecular weight is 267 g/mol. The Kier molecular flexibility index (Phi) is 3.86. The van der Waals surface area contributed by atoms with Crippen molar-refractivity contribution in [2.24, 2.45) is 0 Å². The van der Waals surface area contributed by atoms with E-state index in [-0.39, 0.29) is 29.9 Å². The van der Waals surface area contributed by atoms with Gasteiger partial charge in [-0.1, -0.05) is 6.07 Å². The Morgan fingerprint density at radius 1 is 1.26 bits per heavy atom. The van der Waals surface area contributed by atoms with E-state index in [0.717, 1.165) is 6.07 Å². The summed E-state index contributed by atoms with van der Waals surface area (Å²) < 4.78 is 36.5. The van der Waals surface area contributed by atoms with E-state index in [1.165, 1.54) is 25.3 Å². The monoisotopic (exact) mass is 267 g/mol. The molecule has 7 heteroatoms. The van der Waals surface area contributed by atoms with Crippen LogP contribution >= 0.6 is 0 Å². The van der Waals surface area contributed by atoms with Crippen LogP contribution in [0.2, 0.25) is 0 Å². The Labute approximate surface area is 108 Å². The van der Waals surface area contributed by atoms with E-state index in [9.17, 15) is 8.78 Å². The molecule has 1 heterocycles. The van der Waals surface area contributed by atoms with Crippen LogP contribution in [-0.4, -0.2) is 17.1 Å². The van der Waals surface area contributed by atoms with Crippen LogP contribution in [0.15, 0.2) is 24.3 Å². The van der Waals surface area contributed by atoms with Gasteiger partial charge in [-0.15, -0.1) is 0 Å². The second-order valence-electron chi connectivity index (χ2n) is 3.63. The molecule has 0 amide bonds. The third-order valence-electron chi connectivity index (χ3n) is 2.17. The minimum absolute atomic E-state index is 0.0176. The van der Waals surface area contributed by atoms with Gasteiger partial charge in [-0.2, -0.15) is 9.37 Å². The van der Waals surface area contributed by atoms with Crippen LogP contribution in [0.25, 0.3) is 0 Å². The number of nitrogen functional groups attached to an aromatic ring is 1. The number of hydrogen-bond acceptors (Lipinski definition) is 5. The first-order valence-electron chi connectivity index (χ1n) is 5.34. The molecule has 5 nitrogen and oxygen atoms in total. The third kappa shape index (κ3) is 3.14. The topological polar surface area (TPSA) is 70.3 Å². The summed E-state index contributed by atoms with van der Waals surface area (Å²) in [5.41, 5.74) is 5.56. The summed E-state index contributed by atoms with van der Waals surface area (Å²) in [5.74, 6) is -1.92. The average Bonchev–Trinajstić information content (AvgIpc) is 2.35. The summed E-state index contributed by atoms with van der Waals surface area (Å²) in [4.78, 5) is 7.86. The zero-order valence-corrected chi connectivity index (χ0v) is 10.1. The number of rotatable bonds is 4. The van der Waals surface area contributed by atoms with Gasteiger partial charge in [0.25, 0.3) is 0 Å². The predicted molar refractivity (Wildman–Crippen MR) is 63.6 cm³/mol. The van der Waals surface area contributed by atoms with Gasteiger partial charge in [0.05, 0.1) is 0 Å². The minimum atomic E-state index is -1.09. The van der Waals surface area contributed by atoms with Crippen LogP contribution in [0.4, 0.5) is 14.6 Å². The number of benzene rings is 1. The predicted octanol–water partition coefficient (Wildman–Crippen LogP) is 2.28. The van der Waals surface area contributed by atoms with Gasteiger partial charge < -0.3 is 15.2 Å². The van der Waals surface area contributed by atoms with Gasteiger partial charge in [0, 0.05) is 13.2 Å². The fraction of sp³-hybridized carbons (Fsp3) is 0.167. The largest absolute Gasteiger partial charge is 0.436 e. The van der Waals surface area contributed by atoms with E-state index >= 15 is 0 Å². The Balaban J connectivity index is 2.30. The molecule has 0 spiro atoms. The summed E-state index contributed by atoms with van der Waals surface area (Å²) in [6.45, 7) is 0.132. The normalized spacial score (nSPS) is 10.5. The van der Waals surface area contributed by atoms with Gasteiger partial charge in [-0.3, -0.25) is 0 Å². The Bertz CT molecular complexity index is 593. The zero-order chi connectivity index (χ0) is 13.8. The number of methoxy groups -OCH3 is 1. The molecule has 0 bridgehead atoms. The molecule has 1 aromatic carbocycles. The van der Waals surface area contributed by atoms with Gasteiger partial charge >= 0.3 is 0 Å². The Morgan fingerprint density at radius 3 is 2.79 bits per heavy atom. The minimum Gasteiger partial charge on any atom is -0.436 e. The first kappa shape index (κ1) is 13.2. The number of halogens is 2. The molecule has 1 aromatic heterocycles. The first-order chi connectivity index (χ1) is 9.10. The van der Waals surface area contributed by atoms with E-state index in [1.54, 1.807) is 0 Å². The van der Waals surface area contributed by atoms with Crippen LogP contribution in [0.3, 0.4) is 0 Å². The fourth-order valence-corrected chi connectivity index (χ4v) is 1.41. The van der Waals surface area contributed by atoms with Crippen LogP contribution in [-0.2, 0) is 11.3 Å². The van der Waals surface area contributed by atoms with E-state index in [0.29, 0.717) is 0 Å². The van der Waals surface area contributed by atoms with Crippen molar-refractivity contribution in [3.63, 3.8) is 0 Å². The maximum absolute atomic E-state index is 13.4. The number of hydrogen-bond donors (Lipinski definition) is 1. The highest BCUT2D eigenvalue weighted by molar-refractivity contribution is 5.36. The molecule has 0 saturated heterocycles. The lowest BCUT2D eigenvalue weighted by molar-refractivity contribution is 0.177. The number of nitrogens with zero attached hydrogens (tertiary/aromatic N) is 2. The molecule has 2 rings (SSSR count). The molecular weight excluding hydrogens is 256 g/mol. The molecule has 100 valence electrons. The van der Waals surface area contributed by atoms with E-state index in [2.05, 4.69) is 9.97 Å². The molecule has 0 aliphatic carbocycles. The van der Waals surface area contributed by atoms with Crippen LogP contribution in [0.1, 0.15) is 5.82 Å². The van der Waals surface area contributed by atoms with E-state index in [1.807, 2.05) is 0 Å². The highest BCUT2D eigenvalue weighted by Gasteiger charge is 2.11. The molecule has 0 atom stereocenters. The van der Waals surface area contributed by atoms with Gasteiger partial charge in [0.1, 0.15) is 12.4 Å². The number of anilines is 1. The molecule has 2 N–H and O–H groups in total. The maximum atomic E-state index is 13.4.